The Morgan fingerprint density at radius 1 is 1.27 bits per heavy atom. The van der Waals surface area contributed by atoms with E-state index >= 15 is 0 Å². The molecule has 0 aromatic rings. The van der Waals surface area contributed by atoms with Crippen LogP contribution in [0.3, 0.4) is 0 Å². The number of carbonyl (C=O) groups excluding carboxylic acids is 2. The second-order valence-corrected chi connectivity index (χ2v) is 8.00. The number of carbonyl (C=O) groups is 3. The first-order valence-corrected chi connectivity index (χ1v) is 8.85. The Labute approximate surface area is 148 Å². The Morgan fingerprint density at radius 3 is 2.54 bits per heavy atom. The zero-order chi connectivity index (χ0) is 18.9. The first-order valence-electron chi connectivity index (χ1n) is 8.85. The molecule has 0 radical (unpaired) electrons. The van der Waals surface area contributed by atoms with Crippen LogP contribution in [-0.2, 0) is 28.6 Å². The Kier molecular flexibility index (Phi) is 3.81. The van der Waals surface area contributed by atoms with E-state index in [1.54, 1.807) is 0 Å². The number of esters is 2. The number of hydrogen-bond acceptors (Lipinski definition) is 6. The van der Waals surface area contributed by atoms with Gasteiger partial charge in [-0.05, 0) is 39.0 Å². The van der Waals surface area contributed by atoms with Crippen LogP contribution in [-0.4, -0.2) is 46.9 Å². The van der Waals surface area contributed by atoms with E-state index in [9.17, 15) is 23.2 Å². The highest BCUT2D eigenvalue weighted by atomic mass is 19.3. The summed E-state index contributed by atoms with van der Waals surface area (Å²) in [5, 5.41) is 8.62. The number of alkyl halides is 2. The molecule has 3 aliphatic carbocycles. The fourth-order valence-electron chi connectivity index (χ4n) is 5.23. The first kappa shape index (κ1) is 17.6. The molecule has 1 heterocycles. The minimum Gasteiger partial charge on any atom is -0.475 e. The molecule has 1 N–H and O–H groups in total. The van der Waals surface area contributed by atoms with Gasteiger partial charge >= 0.3 is 24.0 Å². The molecule has 2 bridgehead atoms. The third kappa shape index (κ3) is 2.51. The molecule has 0 spiro atoms. The van der Waals surface area contributed by atoms with Crippen molar-refractivity contribution >= 4 is 17.9 Å². The summed E-state index contributed by atoms with van der Waals surface area (Å²) in [6, 6.07) is 0. The average molecular weight is 374 g/mol. The minimum atomic E-state index is -4.41. The van der Waals surface area contributed by atoms with E-state index in [2.05, 4.69) is 4.74 Å². The van der Waals surface area contributed by atoms with E-state index in [-0.39, 0.29) is 0 Å². The molecule has 4 rings (SSSR count). The summed E-state index contributed by atoms with van der Waals surface area (Å²) in [5.41, 5.74) is -0.609. The summed E-state index contributed by atoms with van der Waals surface area (Å²) in [6.45, 7) is 1.83. The van der Waals surface area contributed by atoms with Crippen molar-refractivity contribution in [1.82, 2.24) is 0 Å². The maximum atomic E-state index is 13.6. The number of fused-ring (bicyclic) bond motifs is 1. The van der Waals surface area contributed by atoms with Crippen molar-refractivity contribution in [2.75, 3.05) is 0 Å². The van der Waals surface area contributed by atoms with Gasteiger partial charge in [-0.15, -0.1) is 0 Å². The number of rotatable bonds is 5. The van der Waals surface area contributed by atoms with Crippen LogP contribution in [0, 0.1) is 23.7 Å². The van der Waals surface area contributed by atoms with Gasteiger partial charge < -0.3 is 19.3 Å². The summed E-state index contributed by atoms with van der Waals surface area (Å²) in [7, 11) is 0. The van der Waals surface area contributed by atoms with Gasteiger partial charge in [-0.25, -0.2) is 4.79 Å². The van der Waals surface area contributed by atoms with E-state index in [4.69, 9.17) is 14.6 Å². The maximum absolute atomic E-state index is 13.6. The zero-order valence-electron chi connectivity index (χ0n) is 14.2. The van der Waals surface area contributed by atoms with Crippen molar-refractivity contribution in [1.29, 1.82) is 0 Å². The number of carboxylic acids is 1. The van der Waals surface area contributed by atoms with Gasteiger partial charge in [-0.1, -0.05) is 0 Å². The summed E-state index contributed by atoms with van der Waals surface area (Å²) in [4.78, 5) is 35.7. The van der Waals surface area contributed by atoms with E-state index in [0.29, 0.717) is 19.3 Å². The summed E-state index contributed by atoms with van der Waals surface area (Å²) >= 11 is 0. The number of halogens is 2. The van der Waals surface area contributed by atoms with Gasteiger partial charge in [0.05, 0.1) is 11.8 Å². The van der Waals surface area contributed by atoms with Gasteiger partial charge in [0.15, 0.2) is 0 Å². The third-order valence-electron chi connectivity index (χ3n) is 6.36. The molecule has 7 nitrogen and oxygen atoms in total. The quantitative estimate of drug-likeness (QED) is 0.732. The van der Waals surface area contributed by atoms with E-state index in [1.807, 2.05) is 6.92 Å². The summed E-state index contributed by atoms with van der Waals surface area (Å²) in [5.74, 6) is -6.43. The molecule has 1 saturated heterocycles. The average Bonchev–Trinajstić information content (AvgIpc) is 3.24. The fourth-order valence-corrected chi connectivity index (χ4v) is 5.23. The predicted octanol–water partition coefficient (Wildman–Crippen LogP) is 1.73. The predicted molar refractivity (Wildman–Crippen MR) is 78.9 cm³/mol. The topological polar surface area (TPSA) is 99.1 Å². The number of ether oxygens (including phenoxy) is 3. The smallest absolute Gasteiger partial charge is 0.456 e. The van der Waals surface area contributed by atoms with Gasteiger partial charge in [-0.2, -0.15) is 8.78 Å². The van der Waals surface area contributed by atoms with Crippen LogP contribution in [0.25, 0.3) is 0 Å². The largest absolute Gasteiger partial charge is 0.475 e. The molecule has 9 heteroatoms. The van der Waals surface area contributed by atoms with Gasteiger partial charge in [0.25, 0.3) is 0 Å². The lowest BCUT2D eigenvalue weighted by Crippen LogP contribution is -2.48. The molecular formula is C17H20F2O7. The molecular weight excluding hydrogens is 354 g/mol. The van der Waals surface area contributed by atoms with Crippen molar-refractivity contribution in [2.24, 2.45) is 23.7 Å². The molecule has 4 aliphatic rings. The summed E-state index contributed by atoms with van der Waals surface area (Å²) < 4.78 is 42.5. The number of hydrogen-bond donors (Lipinski definition) is 1. The van der Waals surface area contributed by atoms with Gasteiger partial charge in [0.1, 0.15) is 17.8 Å². The number of carboxylic acid groups (broad SMARTS) is 1. The Balaban J connectivity index is 1.57. The SMILES string of the molecule is CC1(OC(=O)C2C3CC4C(OC(=O)C42)C3OC(F)(F)C(=O)O)CCCC1. The monoisotopic (exact) mass is 374 g/mol. The zero-order valence-corrected chi connectivity index (χ0v) is 14.2. The molecule has 26 heavy (non-hydrogen) atoms. The molecule has 144 valence electrons. The van der Waals surface area contributed by atoms with Crippen molar-refractivity contribution in [2.45, 2.75) is 62.9 Å². The van der Waals surface area contributed by atoms with Crippen molar-refractivity contribution < 1.29 is 42.5 Å². The van der Waals surface area contributed by atoms with Crippen LogP contribution in [0.2, 0.25) is 0 Å². The van der Waals surface area contributed by atoms with Crippen molar-refractivity contribution in [3.8, 4) is 0 Å². The maximum Gasteiger partial charge on any atom is 0.456 e. The second kappa shape index (κ2) is 5.61. The lowest BCUT2D eigenvalue weighted by atomic mass is 9.78. The Bertz CT molecular complexity index is 657. The number of aliphatic carboxylic acids is 1. The van der Waals surface area contributed by atoms with Crippen LogP contribution in [0.1, 0.15) is 39.0 Å². The highest BCUT2D eigenvalue weighted by Gasteiger charge is 2.71. The van der Waals surface area contributed by atoms with Gasteiger partial charge in [0, 0.05) is 11.8 Å². The van der Waals surface area contributed by atoms with Crippen LogP contribution in [0.15, 0.2) is 0 Å². The highest BCUT2D eigenvalue weighted by Crippen LogP contribution is 2.60. The van der Waals surface area contributed by atoms with E-state index in [0.717, 1.165) is 12.8 Å². The molecule has 0 aromatic heterocycles. The van der Waals surface area contributed by atoms with Crippen LogP contribution in [0.4, 0.5) is 8.78 Å². The van der Waals surface area contributed by atoms with Crippen LogP contribution >= 0.6 is 0 Å². The molecule has 0 amide bonds. The molecule has 6 unspecified atom stereocenters. The minimum absolute atomic E-state index is 0.303. The van der Waals surface area contributed by atoms with E-state index < -0.39 is 65.5 Å². The van der Waals surface area contributed by atoms with Crippen LogP contribution in [0.5, 0.6) is 0 Å². The second-order valence-electron chi connectivity index (χ2n) is 8.00. The van der Waals surface area contributed by atoms with E-state index in [1.165, 1.54) is 0 Å². The third-order valence-corrected chi connectivity index (χ3v) is 6.36. The fraction of sp³-hybridized carbons (Fsp3) is 0.824. The van der Waals surface area contributed by atoms with Crippen molar-refractivity contribution in [3.63, 3.8) is 0 Å². The molecule has 0 aromatic carbocycles. The van der Waals surface area contributed by atoms with Gasteiger partial charge in [0.2, 0.25) is 0 Å². The summed E-state index contributed by atoms with van der Waals surface area (Å²) in [6.07, 6.45) is -3.07. The normalized spacial score (nSPS) is 39.9. The van der Waals surface area contributed by atoms with Crippen LogP contribution < -0.4 is 0 Å². The lowest BCUT2D eigenvalue weighted by Gasteiger charge is -2.34. The van der Waals surface area contributed by atoms with Crippen molar-refractivity contribution in [3.05, 3.63) is 0 Å². The highest BCUT2D eigenvalue weighted by molar-refractivity contribution is 5.86. The molecule has 1 aliphatic heterocycles. The lowest BCUT2D eigenvalue weighted by molar-refractivity contribution is -0.279. The molecule has 6 atom stereocenters. The van der Waals surface area contributed by atoms with Gasteiger partial charge in [-0.3, -0.25) is 9.59 Å². The standard InChI is InChI=1S/C17H20F2O7/c1-16(4-2-3-5-16)26-14(21)10-8-6-7-9(10)13(20)24-11(7)12(8)25-17(18,19)15(22)23/h7-12H,2-6H2,1H3,(H,22,23). The molecule has 3 saturated carbocycles. The Hall–Kier alpha value is -1.77. The first-order chi connectivity index (χ1) is 12.1. The molecule has 4 fully saturated rings. The Morgan fingerprint density at radius 2 is 1.92 bits per heavy atom.